The number of fused-ring (bicyclic) bond motifs is 2. The largest absolute Gasteiger partial charge is 0.482 e. The van der Waals surface area contributed by atoms with Gasteiger partial charge in [-0.15, -0.1) is 0 Å². The monoisotopic (exact) mass is 518 g/mol. The van der Waals surface area contributed by atoms with Gasteiger partial charge in [0.15, 0.2) is 14.9 Å². The molecule has 0 amide bonds. The highest BCUT2D eigenvalue weighted by Gasteiger charge is 2.45. The molecule has 6 heteroatoms. The molecule has 2 aliphatic carbocycles. The Morgan fingerprint density at radius 2 is 1.92 bits per heavy atom. The van der Waals surface area contributed by atoms with Crippen LogP contribution < -0.4 is 4.74 Å². The fourth-order valence-electron chi connectivity index (χ4n) is 5.99. The molecule has 1 aromatic rings. The van der Waals surface area contributed by atoms with E-state index < -0.39 is 8.32 Å². The Morgan fingerprint density at radius 3 is 2.58 bits per heavy atom. The van der Waals surface area contributed by atoms with Crippen LogP contribution in [-0.2, 0) is 26.8 Å². The van der Waals surface area contributed by atoms with Gasteiger partial charge in [0.2, 0.25) is 0 Å². The first-order valence-corrected chi connectivity index (χ1v) is 17.0. The first-order valence-electron chi connectivity index (χ1n) is 14.1. The van der Waals surface area contributed by atoms with Crippen molar-refractivity contribution in [2.45, 2.75) is 116 Å². The molecule has 0 aromatic heterocycles. The molecule has 1 aromatic carbocycles. The van der Waals surface area contributed by atoms with Crippen molar-refractivity contribution in [3.8, 4) is 5.75 Å². The predicted molar refractivity (Wildman–Crippen MR) is 148 cm³/mol. The second kappa shape index (κ2) is 12.4. The van der Waals surface area contributed by atoms with E-state index in [0.717, 1.165) is 44.3 Å². The molecule has 0 heterocycles. The third-order valence-electron chi connectivity index (χ3n) is 9.14. The molecule has 0 radical (unpaired) electrons. The van der Waals surface area contributed by atoms with Crippen LogP contribution >= 0.6 is 0 Å². The number of hydrogen-bond acceptors (Lipinski definition) is 5. The molecular weight excluding hydrogens is 468 g/mol. The Labute approximate surface area is 220 Å². The quantitative estimate of drug-likeness (QED) is 0.189. The van der Waals surface area contributed by atoms with Gasteiger partial charge in [-0.3, -0.25) is 0 Å². The average Bonchev–Trinajstić information content (AvgIpc) is 3.12. The maximum Gasteiger partial charge on any atom is 0.343 e. The van der Waals surface area contributed by atoms with Crippen LogP contribution in [0.3, 0.4) is 0 Å². The molecule has 0 spiro atoms. The topological polar surface area (TPSA) is 65.0 Å². The summed E-state index contributed by atoms with van der Waals surface area (Å²) in [5.41, 5.74) is 2.50. The smallest absolute Gasteiger partial charge is 0.343 e. The minimum atomic E-state index is -1.84. The van der Waals surface area contributed by atoms with Crippen LogP contribution in [0.15, 0.2) is 18.2 Å². The number of aliphatic hydroxyl groups is 1. The second-order valence-corrected chi connectivity index (χ2v) is 17.4. The van der Waals surface area contributed by atoms with Crippen molar-refractivity contribution < 1.29 is 23.8 Å². The van der Waals surface area contributed by atoms with Crippen LogP contribution in [0.1, 0.15) is 83.8 Å². The third-order valence-corrected chi connectivity index (χ3v) is 13.7. The first-order chi connectivity index (χ1) is 17.0. The fourth-order valence-corrected chi connectivity index (χ4v) is 7.41. The van der Waals surface area contributed by atoms with Crippen LogP contribution in [0.2, 0.25) is 18.1 Å². The van der Waals surface area contributed by atoms with Gasteiger partial charge in [0.1, 0.15) is 5.75 Å². The summed E-state index contributed by atoms with van der Waals surface area (Å²) in [5.74, 6) is 1.69. The number of benzene rings is 1. The molecule has 2 aliphatic rings. The number of carbonyl (C=O) groups excluding carboxylic acids is 1. The lowest BCUT2D eigenvalue weighted by Crippen LogP contribution is -2.44. The maximum atomic E-state index is 11.6. The van der Waals surface area contributed by atoms with E-state index >= 15 is 0 Å². The van der Waals surface area contributed by atoms with Gasteiger partial charge >= 0.3 is 5.97 Å². The number of unbranched alkanes of at least 4 members (excludes halogenated alkanes) is 2. The van der Waals surface area contributed by atoms with Crippen LogP contribution in [-0.4, -0.2) is 45.3 Å². The summed E-state index contributed by atoms with van der Waals surface area (Å²) >= 11 is 0. The highest BCUT2D eigenvalue weighted by molar-refractivity contribution is 6.74. The molecule has 0 bridgehead atoms. The first kappa shape index (κ1) is 29.2. The Balaban J connectivity index is 1.68. The molecule has 5 atom stereocenters. The van der Waals surface area contributed by atoms with Gasteiger partial charge in [-0.1, -0.05) is 59.1 Å². The van der Waals surface area contributed by atoms with E-state index in [4.69, 9.17) is 13.9 Å². The highest BCUT2D eigenvalue weighted by atomic mass is 28.4. The lowest BCUT2D eigenvalue weighted by atomic mass is 9.73. The normalized spacial score (nSPS) is 24.7. The molecular formula is C30H50O5Si. The fraction of sp³-hybridized carbons (Fsp3) is 0.767. The van der Waals surface area contributed by atoms with Crippen molar-refractivity contribution in [1.82, 2.24) is 0 Å². The number of carbonyl (C=O) groups is 1. The minimum absolute atomic E-state index is 0.0695. The number of hydrogen-bond donors (Lipinski definition) is 1. The van der Waals surface area contributed by atoms with Crippen LogP contribution in [0, 0.1) is 17.8 Å². The number of rotatable bonds is 12. The Hall–Kier alpha value is -1.37. The molecule has 3 rings (SSSR count). The van der Waals surface area contributed by atoms with Crippen molar-refractivity contribution in [3.05, 3.63) is 29.3 Å². The van der Waals surface area contributed by atoms with Crippen molar-refractivity contribution in [1.29, 1.82) is 0 Å². The summed E-state index contributed by atoms with van der Waals surface area (Å²) in [4.78, 5) is 11.6. The summed E-state index contributed by atoms with van der Waals surface area (Å²) in [6, 6.07) is 6.15. The zero-order chi connectivity index (χ0) is 26.5. The van der Waals surface area contributed by atoms with Gasteiger partial charge in [-0.05, 0) is 91.6 Å². The van der Waals surface area contributed by atoms with Crippen LogP contribution in [0.25, 0.3) is 0 Å². The molecule has 5 nitrogen and oxygen atoms in total. The van der Waals surface area contributed by atoms with E-state index in [0.29, 0.717) is 17.8 Å². The third kappa shape index (κ3) is 7.14. The minimum Gasteiger partial charge on any atom is -0.482 e. The van der Waals surface area contributed by atoms with Crippen molar-refractivity contribution in [3.63, 3.8) is 0 Å². The van der Waals surface area contributed by atoms with Crippen molar-refractivity contribution in [2.75, 3.05) is 13.7 Å². The summed E-state index contributed by atoms with van der Waals surface area (Å²) in [5, 5.41) is 11.3. The van der Waals surface area contributed by atoms with Gasteiger partial charge in [-0.2, -0.15) is 0 Å². The van der Waals surface area contributed by atoms with Crippen LogP contribution in [0.4, 0.5) is 0 Å². The second-order valence-electron chi connectivity index (χ2n) is 12.6. The van der Waals surface area contributed by atoms with Gasteiger partial charge in [0.05, 0.1) is 13.2 Å². The Kier molecular flexibility index (Phi) is 10.1. The zero-order valence-corrected chi connectivity index (χ0v) is 24.8. The lowest BCUT2D eigenvalue weighted by molar-refractivity contribution is -0.142. The average molecular weight is 519 g/mol. The summed E-state index contributed by atoms with van der Waals surface area (Å²) in [7, 11) is -0.461. The maximum absolute atomic E-state index is 11.6. The van der Waals surface area contributed by atoms with E-state index in [-0.39, 0.29) is 29.8 Å². The summed E-state index contributed by atoms with van der Waals surface area (Å²) in [6.07, 6.45) is 9.66. The molecule has 0 saturated heterocycles. The number of methoxy groups -OCH3 is 1. The molecule has 1 saturated carbocycles. The van der Waals surface area contributed by atoms with Crippen molar-refractivity contribution in [2.24, 2.45) is 17.8 Å². The van der Waals surface area contributed by atoms with Crippen LogP contribution in [0.5, 0.6) is 5.75 Å². The van der Waals surface area contributed by atoms with Crippen molar-refractivity contribution >= 4 is 14.3 Å². The zero-order valence-electron chi connectivity index (χ0n) is 23.8. The molecule has 1 fully saturated rings. The predicted octanol–water partition coefficient (Wildman–Crippen LogP) is 6.70. The van der Waals surface area contributed by atoms with E-state index in [1.54, 1.807) is 0 Å². The number of aliphatic hydroxyl groups excluding tert-OH is 1. The Morgan fingerprint density at radius 1 is 1.17 bits per heavy atom. The molecule has 0 unspecified atom stereocenters. The van der Waals surface area contributed by atoms with Gasteiger partial charge in [0, 0.05) is 6.10 Å². The van der Waals surface area contributed by atoms with E-state index in [2.05, 4.69) is 46.9 Å². The summed E-state index contributed by atoms with van der Waals surface area (Å²) in [6.45, 7) is 13.9. The van der Waals surface area contributed by atoms with E-state index in [1.165, 1.54) is 37.5 Å². The highest BCUT2D eigenvalue weighted by Crippen LogP contribution is 2.49. The SMILES string of the molecule is CCCCC[C@@H](CC[C@@H]1[C@H]2Cc3cccc(OCC(=O)OC)c3C[C@H]2C[C@H]1O)O[Si](C)(C)C(C)(C)C. The summed E-state index contributed by atoms with van der Waals surface area (Å²) < 4.78 is 17.5. The molecule has 36 heavy (non-hydrogen) atoms. The standard InChI is InChI=1S/C30H50O5Si/c1-8-9-10-13-23(35-36(6,7)30(2,3)4)15-16-24-25-17-21-12-11-14-28(34-20-29(32)33-5)26(21)18-22(25)19-27(24)31/h11-12,14,22-25,27,31H,8-10,13,15-20H2,1-7H3/t22-,23-,24+,25-,27+/m0/s1. The number of ether oxygens (including phenoxy) is 2. The molecule has 1 N–H and O–H groups in total. The Bertz CT molecular complexity index is 861. The van der Waals surface area contributed by atoms with Gasteiger partial charge in [0.25, 0.3) is 0 Å². The van der Waals surface area contributed by atoms with E-state index in [9.17, 15) is 9.90 Å². The molecule has 0 aliphatic heterocycles. The van der Waals surface area contributed by atoms with Gasteiger partial charge < -0.3 is 19.0 Å². The lowest BCUT2D eigenvalue weighted by Gasteiger charge is -2.40. The molecule has 204 valence electrons. The number of esters is 1. The van der Waals surface area contributed by atoms with E-state index in [1.807, 2.05) is 12.1 Å². The van der Waals surface area contributed by atoms with Gasteiger partial charge in [-0.25, -0.2) is 4.79 Å².